The predicted molar refractivity (Wildman–Crippen MR) is 89.5 cm³/mol. The summed E-state index contributed by atoms with van der Waals surface area (Å²) in [7, 11) is 0. The van der Waals surface area contributed by atoms with Gasteiger partial charge in [-0.2, -0.15) is 0 Å². The van der Waals surface area contributed by atoms with Crippen molar-refractivity contribution in [1.82, 2.24) is 15.5 Å². The molecule has 1 aliphatic rings. The lowest BCUT2D eigenvalue weighted by molar-refractivity contribution is -0.126. The summed E-state index contributed by atoms with van der Waals surface area (Å²) < 4.78 is 0. The molecule has 124 valence electrons. The number of nitrogens with one attached hydrogen (secondary N) is 2. The van der Waals surface area contributed by atoms with Crippen molar-refractivity contribution in [3.63, 3.8) is 0 Å². The first-order valence-corrected chi connectivity index (χ1v) is 8.90. The second kappa shape index (κ2) is 10.2. The van der Waals surface area contributed by atoms with E-state index in [4.69, 9.17) is 0 Å². The summed E-state index contributed by atoms with van der Waals surface area (Å²) in [4.78, 5) is 14.8. The molecule has 1 rings (SSSR count). The Morgan fingerprint density at radius 1 is 1.29 bits per heavy atom. The fourth-order valence-electron chi connectivity index (χ4n) is 3.07. The van der Waals surface area contributed by atoms with E-state index >= 15 is 0 Å². The third-order valence-corrected chi connectivity index (χ3v) is 4.64. The van der Waals surface area contributed by atoms with Gasteiger partial charge in [-0.05, 0) is 52.1 Å². The smallest absolute Gasteiger partial charge is 0.237 e. The number of nitrogens with zero attached hydrogens (tertiary/aromatic N) is 1. The maximum atomic E-state index is 12.5. The molecule has 2 N–H and O–H groups in total. The van der Waals surface area contributed by atoms with Crippen LogP contribution in [0.4, 0.5) is 0 Å². The lowest BCUT2D eigenvalue weighted by Crippen LogP contribution is -2.52. The minimum Gasteiger partial charge on any atom is -0.352 e. The molecule has 2 atom stereocenters. The molecule has 1 fully saturated rings. The van der Waals surface area contributed by atoms with E-state index in [0.717, 1.165) is 38.9 Å². The zero-order chi connectivity index (χ0) is 15.7. The van der Waals surface area contributed by atoms with Crippen LogP contribution in [0.1, 0.15) is 66.2 Å². The molecule has 0 spiro atoms. The molecule has 1 heterocycles. The van der Waals surface area contributed by atoms with Gasteiger partial charge >= 0.3 is 0 Å². The van der Waals surface area contributed by atoms with Crippen LogP contribution in [-0.4, -0.2) is 48.6 Å². The number of carbonyl (C=O) groups excluding carboxylic acids is 1. The van der Waals surface area contributed by atoms with Gasteiger partial charge in [0.2, 0.25) is 5.91 Å². The minimum atomic E-state index is -0.0331. The van der Waals surface area contributed by atoms with Gasteiger partial charge in [-0.1, -0.05) is 27.2 Å². The summed E-state index contributed by atoms with van der Waals surface area (Å²) >= 11 is 0. The van der Waals surface area contributed by atoms with Gasteiger partial charge in [0, 0.05) is 18.6 Å². The molecule has 4 heteroatoms. The van der Waals surface area contributed by atoms with Gasteiger partial charge in [0.25, 0.3) is 0 Å². The van der Waals surface area contributed by atoms with Crippen molar-refractivity contribution in [2.75, 3.05) is 19.6 Å². The first kappa shape index (κ1) is 18.4. The lowest BCUT2D eigenvalue weighted by atomic mass is 10.0. The largest absolute Gasteiger partial charge is 0.352 e. The van der Waals surface area contributed by atoms with Crippen molar-refractivity contribution in [3.05, 3.63) is 0 Å². The van der Waals surface area contributed by atoms with E-state index in [9.17, 15) is 4.79 Å². The molecule has 0 bridgehead atoms. The van der Waals surface area contributed by atoms with Crippen molar-refractivity contribution >= 4 is 5.91 Å². The Morgan fingerprint density at radius 2 is 2.00 bits per heavy atom. The molecule has 1 amide bonds. The molecule has 1 saturated heterocycles. The number of hydrogen-bond acceptors (Lipinski definition) is 3. The van der Waals surface area contributed by atoms with Gasteiger partial charge in [-0.15, -0.1) is 0 Å². The molecular weight excluding hydrogens is 262 g/mol. The zero-order valence-electron chi connectivity index (χ0n) is 14.5. The summed E-state index contributed by atoms with van der Waals surface area (Å²) in [5.41, 5.74) is 0. The monoisotopic (exact) mass is 297 g/mol. The van der Waals surface area contributed by atoms with Crippen molar-refractivity contribution in [1.29, 1.82) is 0 Å². The van der Waals surface area contributed by atoms with Gasteiger partial charge in [0.1, 0.15) is 0 Å². The summed E-state index contributed by atoms with van der Waals surface area (Å²) in [6.45, 7) is 11.6. The second-order valence-corrected chi connectivity index (χ2v) is 6.34. The van der Waals surface area contributed by atoms with Crippen LogP contribution in [0, 0.1) is 0 Å². The third kappa shape index (κ3) is 6.35. The van der Waals surface area contributed by atoms with E-state index in [1.807, 2.05) is 0 Å². The maximum Gasteiger partial charge on any atom is 0.237 e. The van der Waals surface area contributed by atoms with Crippen molar-refractivity contribution in [3.8, 4) is 0 Å². The van der Waals surface area contributed by atoms with Crippen LogP contribution in [0.15, 0.2) is 0 Å². The van der Waals surface area contributed by atoms with Gasteiger partial charge in [-0.25, -0.2) is 0 Å². The van der Waals surface area contributed by atoms with E-state index in [1.165, 1.54) is 19.3 Å². The van der Waals surface area contributed by atoms with Gasteiger partial charge < -0.3 is 10.6 Å². The van der Waals surface area contributed by atoms with Crippen LogP contribution >= 0.6 is 0 Å². The van der Waals surface area contributed by atoms with Crippen LogP contribution in [0.3, 0.4) is 0 Å². The Balaban J connectivity index is 2.54. The molecule has 4 nitrogen and oxygen atoms in total. The Bertz CT molecular complexity index is 286. The fraction of sp³-hybridized carbons (Fsp3) is 0.941. The van der Waals surface area contributed by atoms with Crippen LogP contribution < -0.4 is 10.6 Å². The van der Waals surface area contributed by atoms with E-state index in [0.29, 0.717) is 12.1 Å². The summed E-state index contributed by atoms with van der Waals surface area (Å²) in [5, 5.41) is 6.78. The quantitative estimate of drug-likeness (QED) is 0.687. The predicted octanol–water partition coefficient (Wildman–Crippen LogP) is 2.53. The summed E-state index contributed by atoms with van der Waals surface area (Å²) in [5.74, 6) is 0.188. The van der Waals surface area contributed by atoms with E-state index in [1.54, 1.807) is 0 Å². The minimum absolute atomic E-state index is 0.0331. The maximum absolute atomic E-state index is 12.5. The highest BCUT2D eigenvalue weighted by atomic mass is 16.2. The average Bonchev–Trinajstić information content (AvgIpc) is 2.52. The lowest BCUT2D eigenvalue weighted by Gasteiger charge is -2.34. The molecule has 0 aromatic rings. The standard InChI is InChI=1S/C17H35N3O/c1-5-12-20(13-16-10-8-9-11-18-16)14(4)17(21)19-15(6-2)7-3/h14-16,18H,5-13H2,1-4H3,(H,19,21). The third-order valence-electron chi connectivity index (χ3n) is 4.64. The van der Waals surface area contributed by atoms with Gasteiger partial charge in [-0.3, -0.25) is 9.69 Å². The Labute approximate surface area is 131 Å². The van der Waals surface area contributed by atoms with E-state index in [-0.39, 0.29) is 11.9 Å². The van der Waals surface area contributed by atoms with Crippen molar-refractivity contribution in [2.24, 2.45) is 0 Å². The van der Waals surface area contributed by atoms with Crippen LogP contribution in [-0.2, 0) is 4.79 Å². The number of hydrogen-bond donors (Lipinski definition) is 2. The molecule has 0 saturated carbocycles. The molecular formula is C17H35N3O. The molecule has 21 heavy (non-hydrogen) atoms. The fourth-order valence-corrected chi connectivity index (χ4v) is 3.07. The van der Waals surface area contributed by atoms with E-state index in [2.05, 4.69) is 43.2 Å². The Hall–Kier alpha value is -0.610. The van der Waals surface area contributed by atoms with Gasteiger partial charge in [0.05, 0.1) is 6.04 Å². The highest BCUT2D eigenvalue weighted by Crippen LogP contribution is 2.11. The number of amides is 1. The Kier molecular flexibility index (Phi) is 8.93. The molecule has 0 aromatic carbocycles. The first-order valence-electron chi connectivity index (χ1n) is 8.90. The number of piperidine rings is 1. The Morgan fingerprint density at radius 3 is 2.52 bits per heavy atom. The zero-order valence-corrected chi connectivity index (χ0v) is 14.5. The SMILES string of the molecule is CCCN(CC1CCCCN1)C(C)C(=O)NC(CC)CC. The van der Waals surface area contributed by atoms with Crippen LogP contribution in [0.25, 0.3) is 0 Å². The van der Waals surface area contributed by atoms with E-state index < -0.39 is 0 Å². The molecule has 2 unspecified atom stereocenters. The number of carbonyl (C=O) groups is 1. The molecule has 1 aliphatic heterocycles. The number of rotatable bonds is 9. The molecule has 0 aliphatic carbocycles. The normalized spacial score (nSPS) is 20.8. The van der Waals surface area contributed by atoms with Crippen molar-refractivity contribution < 1.29 is 4.79 Å². The first-order chi connectivity index (χ1) is 10.1. The second-order valence-electron chi connectivity index (χ2n) is 6.34. The summed E-state index contributed by atoms with van der Waals surface area (Å²) in [6.07, 6.45) is 6.94. The highest BCUT2D eigenvalue weighted by Gasteiger charge is 2.25. The topological polar surface area (TPSA) is 44.4 Å². The average molecular weight is 297 g/mol. The van der Waals surface area contributed by atoms with Crippen LogP contribution in [0.2, 0.25) is 0 Å². The highest BCUT2D eigenvalue weighted by molar-refractivity contribution is 5.81. The van der Waals surface area contributed by atoms with Gasteiger partial charge in [0.15, 0.2) is 0 Å². The summed E-state index contributed by atoms with van der Waals surface area (Å²) in [6, 6.07) is 0.833. The molecule has 0 radical (unpaired) electrons. The van der Waals surface area contributed by atoms with Crippen molar-refractivity contribution in [2.45, 2.75) is 84.3 Å². The van der Waals surface area contributed by atoms with Crippen LogP contribution in [0.5, 0.6) is 0 Å². The molecule has 0 aromatic heterocycles.